The number of carbonyl (C=O) groups is 1. The Balaban J connectivity index is 2.41. The molecular weight excluding hydrogens is 188 g/mol. The Bertz CT molecular complexity index is 363. The summed E-state index contributed by atoms with van der Waals surface area (Å²) in [6, 6.07) is 9.08. The summed E-state index contributed by atoms with van der Waals surface area (Å²) in [4.78, 5) is 11.5. The highest BCUT2D eigenvalue weighted by atomic mass is 16.5. The van der Waals surface area contributed by atoms with Crippen molar-refractivity contribution in [1.29, 1.82) is 0 Å². The van der Waals surface area contributed by atoms with E-state index < -0.39 is 0 Å². The number of hydrogen-bond donors (Lipinski definition) is 0. The first-order chi connectivity index (χ1) is 7.20. The maximum atomic E-state index is 11.5. The molecule has 1 aromatic carbocycles. The molecule has 2 heteroatoms. The van der Waals surface area contributed by atoms with Crippen molar-refractivity contribution in [3.63, 3.8) is 0 Å². The van der Waals surface area contributed by atoms with E-state index in [1.165, 1.54) is 6.26 Å². The molecule has 0 radical (unpaired) electrons. The second-order valence-electron chi connectivity index (χ2n) is 3.25. The zero-order chi connectivity index (χ0) is 11.1. The summed E-state index contributed by atoms with van der Waals surface area (Å²) < 4.78 is 5.07. The second-order valence-corrected chi connectivity index (χ2v) is 3.25. The standard InChI is InChI=1S/C13H14O2/c1-11(2)8-9-15-10-13(14)12-6-4-3-5-7-12/h3-9H,1,10H2,2H3. The van der Waals surface area contributed by atoms with Gasteiger partial charge in [-0.2, -0.15) is 0 Å². The summed E-state index contributed by atoms with van der Waals surface area (Å²) in [5.41, 5.74) is 1.56. The number of ether oxygens (including phenoxy) is 1. The van der Waals surface area contributed by atoms with Gasteiger partial charge in [0.15, 0.2) is 12.4 Å². The molecule has 0 saturated heterocycles. The Morgan fingerprint density at radius 3 is 2.67 bits per heavy atom. The van der Waals surface area contributed by atoms with E-state index in [4.69, 9.17) is 4.74 Å². The number of hydrogen-bond acceptors (Lipinski definition) is 2. The number of ketones is 1. The Morgan fingerprint density at radius 1 is 1.40 bits per heavy atom. The maximum Gasteiger partial charge on any atom is 0.200 e. The van der Waals surface area contributed by atoms with Gasteiger partial charge in [-0.3, -0.25) is 4.79 Å². The third-order valence-electron chi connectivity index (χ3n) is 1.76. The minimum absolute atomic E-state index is 0.0260. The van der Waals surface area contributed by atoms with Crippen molar-refractivity contribution in [2.75, 3.05) is 6.61 Å². The predicted octanol–water partition coefficient (Wildman–Crippen LogP) is 2.98. The van der Waals surface area contributed by atoms with Crippen LogP contribution in [0.25, 0.3) is 0 Å². The summed E-state index contributed by atoms with van der Waals surface area (Å²) in [6.07, 6.45) is 3.21. The van der Waals surface area contributed by atoms with Crippen molar-refractivity contribution in [3.8, 4) is 0 Å². The van der Waals surface area contributed by atoms with Gasteiger partial charge in [0.25, 0.3) is 0 Å². The quantitative estimate of drug-likeness (QED) is 0.417. The van der Waals surface area contributed by atoms with Crippen molar-refractivity contribution in [2.24, 2.45) is 0 Å². The van der Waals surface area contributed by atoms with Crippen molar-refractivity contribution in [1.82, 2.24) is 0 Å². The molecule has 0 amide bonds. The fourth-order valence-corrected chi connectivity index (χ4v) is 0.995. The van der Waals surface area contributed by atoms with E-state index in [1.807, 2.05) is 25.1 Å². The fraction of sp³-hybridized carbons (Fsp3) is 0.154. The van der Waals surface area contributed by atoms with Crippen LogP contribution in [-0.4, -0.2) is 12.4 Å². The summed E-state index contributed by atoms with van der Waals surface area (Å²) in [7, 11) is 0. The SMILES string of the molecule is C=C(C)C=COCC(=O)c1ccccc1. The zero-order valence-electron chi connectivity index (χ0n) is 8.77. The van der Waals surface area contributed by atoms with E-state index in [9.17, 15) is 4.79 Å². The lowest BCUT2D eigenvalue weighted by Gasteiger charge is -2.00. The van der Waals surface area contributed by atoms with Crippen LogP contribution in [0.4, 0.5) is 0 Å². The highest BCUT2D eigenvalue weighted by Crippen LogP contribution is 2.00. The van der Waals surface area contributed by atoms with Gasteiger partial charge >= 0.3 is 0 Å². The minimum atomic E-state index is -0.0260. The first-order valence-electron chi connectivity index (χ1n) is 4.72. The monoisotopic (exact) mass is 202 g/mol. The van der Waals surface area contributed by atoms with Gasteiger partial charge in [0.2, 0.25) is 0 Å². The molecule has 2 nitrogen and oxygen atoms in total. The lowest BCUT2D eigenvalue weighted by atomic mass is 10.1. The van der Waals surface area contributed by atoms with Crippen molar-refractivity contribution in [2.45, 2.75) is 6.92 Å². The van der Waals surface area contributed by atoms with Crippen LogP contribution in [-0.2, 0) is 4.74 Å². The average molecular weight is 202 g/mol. The molecule has 0 saturated carbocycles. The average Bonchev–Trinajstić information content (AvgIpc) is 2.25. The summed E-state index contributed by atoms with van der Waals surface area (Å²) in [5.74, 6) is -0.0260. The first-order valence-corrected chi connectivity index (χ1v) is 4.72. The highest BCUT2D eigenvalue weighted by molar-refractivity contribution is 5.97. The molecule has 0 aliphatic heterocycles. The molecule has 0 spiro atoms. The number of carbonyl (C=O) groups excluding carboxylic acids is 1. The highest BCUT2D eigenvalue weighted by Gasteiger charge is 2.03. The molecule has 15 heavy (non-hydrogen) atoms. The third kappa shape index (κ3) is 4.27. The summed E-state index contributed by atoms with van der Waals surface area (Å²) in [6.45, 7) is 5.60. The van der Waals surface area contributed by atoms with E-state index in [0.29, 0.717) is 5.56 Å². The van der Waals surface area contributed by atoms with E-state index in [1.54, 1.807) is 18.2 Å². The van der Waals surface area contributed by atoms with Gasteiger partial charge in [-0.05, 0) is 13.0 Å². The molecule has 0 N–H and O–H groups in total. The van der Waals surface area contributed by atoms with Crippen LogP contribution in [0.1, 0.15) is 17.3 Å². The lowest BCUT2D eigenvalue weighted by Crippen LogP contribution is -2.05. The fourth-order valence-electron chi connectivity index (χ4n) is 0.995. The largest absolute Gasteiger partial charge is 0.493 e. The van der Waals surface area contributed by atoms with E-state index >= 15 is 0 Å². The number of allylic oxidation sites excluding steroid dienone is 2. The molecule has 78 valence electrons. The van der Waals surface area contributed by atoms with Crippen molar-refractivity contribution in [3.05, 3.63) is 60.4 Å². The van der Waals surface area contributed by atoms with Crippen molar-refractivity contribution < 1.29 is 9.53 Å². The Labute approximate surface area is 89.9 Å². The Hall–Kier alpha value is -1.83. The molecule has 1 aromatic rings. The second kappa shape index (κ2) is 5.81. The Morgan fingerprint density at radius 2 is 2.07 bits per heavy atom. The summed E-state index contributed by atoms with van der Waals surface area (Å²) in [5, 5.41) is 0. The van der Waals surface area contributed by atoms with Gasteiger partial charge in [0.1, 0.15) is 0 Å². The normalized spacial score (nSPS) is 10.2. The molecule has 0 fully saturated rings. The smallest absolute Gasteiger partial charge is 0.200 e. The van der Waals surface area contributed by atoms with Gasteiger partial charge in [-0.1, -0.05) is 42.5 Å². The molecule has 0 aliphatic rings. The number of rotatable bonds is 5. The van der Waals surface area contributed by atoms with Crippen LogP contribution in [0.15, 0.2) is 54.8 Å². The maximum absolute atomic E-state index is 11.5. The van der Waals surface area contributed by atoms with E-state index in [2.05, 4.69) is 6.58 Å². The molecule has 1 rings (SSSR count). The van der Waals surface area contributed by atoms with Crippen LogP contribution >= 0.6 is 0 Å². The van der Waals surface area contributed by atoms with Crippen LogP contribution in [0.2, 0.25) is 0 Å². The molecular formula is C13H14O2. The van der Waals surface area contributed by atoms with Crippen LogP contribution in [0.5, 0.6) is 0 Å². The van der Waals surface area contributed by atoms with Crippen LogP contribution < -0.4 is 0 Å². The topological polar surface area (TPSA) is 26.3 Å². The zero-order valence-corrected chi connectivity index (χ0v) is 8.77. The minimum Gasteiger partial charge on any atom is -0.493 e. The number of Topliss-reactive ketones (excluding diaryl/α,β-unsaturated/α-hetero) is 1. The lowest BCUT2D eigenvalue weighted by molar-refractivity contribution is 0.0886. The van der Waals surface area contributed by atoms with E-state index in [0.717, 1.165) is 5.57 Å². The van der Waals surface area contributed by atoms with Crippen LogP contribution in [0.3, 0.4) is 0 Å². The summed E-state index contributed by atoms with van der Waals surface area (Å²) >= 11 is 0. The van der Waals surface area contributed by atoms with Gasteiger partial charge in [-0.25, -0.2) is 0 Å². The molecule has 0 aliphatic carbocycles. The molecule has 0 atom stereocenters. The van der Waals surface area contributed by atoms with Crippen LogP contribution in [0, 0.1) is 0 Å². The molecule has 0 bridgehead atoms. The van der Waals surface area contributed by atoms with E-state index in [-0.39, 0.29) is 12.4 Å². The Kier molecular flexibility index (Phi) is 4.35. The van der Waals surface area contributed by atoms with Gasteiger partial charge in [0.05, 0.1) is 6.26 Å². The molecule has 0 aromatic heterocycles. The van der Waals surface area contributed by atoms with Gasteiger partial charge in [0, 0.05) is 5.56 Å². The van der Waals surface area contributed by atoms with Crippen molar-refractivity contribution >= 4 is 5.78 Å². The van der Waals surface area contributed by atoms with Gasteiger partial charge in [-0.15, -0.1) is 0 Å². The molecule has 0 unspecified atom stereocenters. The first kappa shape index (κ1) is 11.2. The van der Waals surface area contributed by atoms with Gasteiger partial charge < -0.3 is 4.74 Å². The molecule has 0 heterocycles. The third-order valence-corrected chi connectivity index (χ3v) is 1.76. The predicted molar refractivity (Wildman–Crippen MR) is 60.7 cm³/mol. The number of benzene rings is 1.